The van der Waals surface area contributed by atoms with Crippen molar-refractivity contribution in [3.05, 3.63) is 87.9 Å². The number of benzene rings is 3. The van der Waals surface area contributed by atoms with E-state index in [1.165, 1.54) is 25.1 Å². The summed E-state index contributed by atoms with van der Waals surface area (Å²) in [5.41, 5.74) is 2.24. The molecule has 4 rings (SSSR count). The number of amides is 1. The van der Waals surface area contributed by atoms with Crippen LogP contribution >= 0.6 is 15.9 Å². The summed E-state index contributed by atoms with van der Waals surface area (Å²) in [6.45, 7) is 1.77. The average molecular weight is 497 g/mol. The van der Waals surface area contributed by atoms with E-state index in [1.54, 1.807) is 12.1 Å². The number of aromatic hydroxyl groups is 1. The number of rotatable bonds is 6. The van der Waals surface area contributed by atoms with Gasteiger partial charge in [-0.1, -0.05) is 40.2 Å². The minimum Gasteiger partial charge on any atom is -0.504 e. The van der Waals surface area contributed by atoms with Gasteiger partial charge in [-0.2, -0.15) is 5.01 Å². The molecule has 1 atom stereocenters. The first-order valence-corrected chi connectivity index (χ1v) is 10.6. The molecule has 0 aliphatic carbocycles. The zero-order valence-electron chi connectivity index (χ0n) is 17.5. The third kappa shape index (κ3) is 4.55. The lowest BCUT2D eigenvalue weighted by Gasteiger charge is -2.20. The third-order valence-electron chi connectivity index (χ3n) is 4.86. The molecule has 1 amide bonds. The van der Waals surface area contributed by atoms with Crippen molar-refractivity contribution in [1.82, 2.24) is 5.01 Å². The van der Waals surface area contributed by atoms with Crippen LogP contribution in [0.1, 0.15) is 29.8 Å². The van der Waals surface area contributed by atoms with Crippen molar-refractivity contribution in [1.29, 1.82) is 0 Å². The molecule has 32 heavy (non-hydrogen) atoms. The van der Waals surface area contributed by atoms with Gasteiger partial charge in [-0.15, -0.1) is 5.10 Å². The quantitative estimate of drug-likeness (QED) is 0.520. The Morgan fingerprint density at radius 2 is 1.94 bits per heavy atom. The highest BCUT2D eigenvalue weighted by molar-refractivity contribution is 9.10. The highest BCUT2D eigenvalue weighted by Crippen LogP contribution is 2.36. The summed E-state index contributed by atoms with van der Waals surface area (Å²) in [5, 5.41) is 15.6. The van der Waals surface area contributed by atoms with E-state index in [1.807, 2.05) is 48.5 Å². The molecular formula is C24H21BrN2O5. The van der Waals surface area contributed by atoms with Gasteiger partial charge in [0.25, 0.3) is 0 Å². The lowest BCUT2D eigenvalue weighted by atomic mass is 10.1. The monoisotopic (exact) mass is 496 g/mol. The number of phenols is 1. The highest BCUT2D eigenvalue weighted by Gasteiger charge is 2.34. The molecule has 0 spiro atoms. The van der Waals surface area contributed by atoms with Gasteiger partial charge >= 0.3 is 0 Å². The van der Waals surface area contributed by atoms with E-state index in [0.29, 0.717) is 23.5 Å². The second-order valence-corrected chi connectivity index (χ2v) is 8.00. The van der Waals surface area contributed by atoms with Crippen LogP contribution in [-0.2, 0) is 16.1 Å². The van der Waals surface area contributed by atoms with Gasteiger partial charge in [0.15, 0.2) is 11.5 Å². The fraction of sp³-hybridized carbons (Fsp3) is 0.167. The minimum absolute atomic E-state index is 0.00365. The number of halogens is 1. The first-order valence-electron chi connectivity index (χ1n) is 9.85. The predicted octanol–water partition coefficient (Wildman–Crippen LogP) is 4.98. The number of para-hydroxylation sites is 1. The van der Waals surface area contributed by atoms with Gasteiger partial charge in [-0.25, -0.2) is 0 Å². The van der Waals surface area contributed by atoms with Gasteiger partial charge in [0, 0.05) is 17.0 Å². The summed E-state index contributed by atoms with van der Waals surface area (Å²) < 4.78 is 18.3. The zero-order valence-corrected chi connectivity index (χ0v) is 19.1. The predicted molar refractivity (Wildman–Crippen MR) is 122 cm³/mol. The van der Waals surface area contributed by atoms with E-state index in [0.717, 1.165) is 10.0 Å². The third-order valence-corrected chi connectivity index (χ3v) is 5.35. The number of nitrogens with zero attached hydrogens (tertiary/aromatic N) is 2. The molecule has 0 aromatic heterocycles. The number of carbonyl (C=O) groups is 1. The number of ether oxygens (including phenoxy) is 3. The Labute approximate surface area is 194 Å². The van der Waals surface area contributed by atoms with Gasteiger partial charge in [0.1, 0.15) is 12.4 Å². The van der Waals surface area contributed by atoms with E-state index in [2.05, 4.69) is 21.0 Å². The molecule has 0 fully saturated rings. The lowest BCUT2D eigenvalue weighted by Crippen LogP contribution is -2.25. The van der Waals surface area contributed by atoms with Crippen molar-refractivity contribution in [2.45, 2.75) is 19.8 Å². The van der Waals surface area contributed by atoms with Crippen LogP contribution in [-0.4, -0.2) is 29.0 Å². The van der Waals surface area contributed by atoms with Gasteiger partial charge in [0.05, 0.1) is 12.7 Å². The first kappa shape index (κ1) is 21.7. The summed E-state index contributed by atoms with van der Waals surface area (Å²) in [5.74, 6) is 0.835. The first-order chi connectivity index (χ1) is 15.5. The van der Waals surface area contributed by atoms with Crippen molar-refractivity contribution in [3.8, 4) is 17.2 Å². The fourth-order valence-corrected chi connectivity index (χ4v) is 3.74. The Morgan fingerprint density at radius 3 is 2.69 bits per heavy atom. The van der Waals surface area contributed by atoms with Crippen molar-refractivity contribution >= 4 is 27.7 Å². The van der Waals surface area contributed by atoms with Crippen molar-refractivity contribution in [2.24, 2.45) is 5.10 Å². The molecule has 0 saturated carbocycles. The van der Waals surface area contributed by atoms with Crippen LogP contribution < -0.4 is 9.47 Å². The number of hydrogen-bond acceptors (Lipinski definition) is 6. The summed E-state index contributed by atoms with van der Waals surface area (Å²) in [6, 6.07) is 20.0. The Morgan fingerprint density at radius 1 is 1.12 bits per heavy atom. The summed E-state index contributed by atoms with van der Waals surface area (Å²) in [6.07, 6.45) is -0.796. The molecule has 7 nitrogen and oxygen atoms in total. The SMILES string of the molecule is COc1cc([C@H]2OC(c3ccccc3OCc3cccc(Br)c3)=NN2C(C)=O)ccc1O. The molecule has 0 bridgehead atoms. The van der Waals surface area contributed by atoms with Crippen LogP contribution in [0.25, 0.3) is 0 Å². The van der Waals surface area contributed by atoms with Crippen molar-refractivity contribution < 1.29 is 24.1 Å². The normalized spacial score (nSPS) is 15.2. The number of hydrogen-bond donors (Lipinski definition) is 1. The number of methoxy groups -OCH3 is 1. The number of phenolic OH excluding ortho intramolecular Hbond substituents is 1. The Kier molecular flexibility index (Phi) is 6.32. The maximum Gasteiger partial charge on any atom is 0.244 e. The van der Waals surface area contributed by atoms with Gasteiger partial charge in [0.2, 0.25) is 18.0 Å². The van der Waals surface area contributed by atoms with Crippen LogP contribution in [0.15, 0.2) is 76.3 Å². The Hall–Kier alpha value is -3.52. The smallest absolute Gasteiger partial charge is 0.244 e. The van der Waals surface area contributed by atoms with Crippen LogP contribution in [0.2, 0.25) is 0 Å². The second kappa shape index (κ2) is 9.32. The molecule has 1 N–H and O–H groups in total. The van der Waals surface area contributed by atoms with Crippen LogP contribution in [0.5, 0.6) is 17.2 Å². The second-order valence-electron chi connectivity index (χ2n) is 7.08. The van der Waals surface area contributed by atoms with E-state index >= 15 is 0 Å². The molecule has 8 heteroatoms. The summed E-state index contributed by atoms with van der Waals surface area (Å²) in [7, 11) is 1.46. The topological polar surface area (TPSA) is 80.6 Å². The summed E-state index contributed by atoms with van der Waals surface area (Å²) >= 11 is 3.46. The molecule has 3 aromatic carbocycles. The molecule has 1 aliphatic heterocycles. The van der Waals surface area contributed by atoms with Gasteiger partial charge in [-0.05, 0) is 48.0 Å². The summed E-state index contributed by atoms with van der Waals surface area (Å²) in [4.78, 5) is 12.3. The zero-order chi connectivity index (χ0) is 22.7. The molecule has 0 unspecified atom stereocenters. The van der Waals surface area contributed by atoms with E-state index < -0.39 is 6.23 Å². The number of hydrazone groups is 1. The standard InChI is InChI=1S/C24H21BrN2O5/c1-15(28)27-24(17-10-11-20(29)22(13-17)30-2)32-23(26-27)19-8-3-4-9-21(19)31-14-16-6-5-7-18(25)12-16/h3-13,24,29H,14H2,1-2H3/t24-/m1/s1. The molecule has 0 radical (unpaired) electrons. The van der Waals surface area contributed by atoms with E-state index in [9.17, 15) is 9.90 Å². The van der Waals surface area contributed by atoms with Gasteiger partial charge in [-0.3, -0.25) is 4.79 Å². The minimum atomic E-state index is -0.796. The molecule has 0 saturated heterocycles. The van der Waals surface area contributed by atoms with Crippen LogP contribution in [0.4, 0.5) is 0 Å². The number of carbonyl (C=O) groups excluding carboxylic acids is 1. The maximum atomic E-state index is 12.3. The van der Waals surface area contributed by atoms with Crippen LogP contribution in [0.3, 0.4) is 0 Å². The van der Waals surface area contributed by atoms with E-state index in [-0.39, 0.29) is 23.3 Å². The maximum absolute atomic E-state index is 12.3. The fourth-order valence-electron chi connectivity index (χ4n) is 3.30. The molecule has 3 aromatic rings. The Bertz CT molecular complexity index is 1180. The van der Waals surface area contributed by atoms with Crippen molar-refractivity contribution in [2.75, 3.05) is 7.11 Å². The largest absolute Gasteiger partial charge is 0.504 e. The molecule has 164 valence electrons. The molecular weight excluding hydrogens is 476 g/mol. The molecule has 1 heterocycles. The average Bonchev–Trinajstić information content (AvgIpc) is 3.24. The highest BCUT2D eigenvalue weighted by atomic mass is 79.9. The lowest BCUT2D eigenvalue weighted by molar-refractivity contribution is -0.135. The Balaban J connectivity index is 1.61. The van der Waals surface area contributed by atoms with E-state index in [4.69, 9.17) is 14.2 Å². The molecule has 1 aliphatic rings. The van der Waals surface area contributed by atoms with Crippen molar-refractivity contribution in [3.63, 3.8) is 0 Å². The van der Waals surface area contributed by atoms with Gasteiger partial charge < -0.3 is 19.3 Å². The van der Waals surface area contributed by atoms with Crippen LogP contribution in [0, 0.1) is 0 Å².